The molecule has 2 aromatic carbocycles. The molecule has 2 aliphatic heterocycles. The number of piperidine rings is 1. The van der Waals surface area contributed by atoms with Crippen LogP contribution >= 0.6 is 0 Å². The lowest BCUT2D eigenvalue weighted by Crippen LogP contribution is -2.46. The van der Waals surface area contributed by atoms with Crippen molar-refractivity contribution in [1.82, 2.24) is 0 Å². The van der Waals surface area contributed by atoms with E-state index in [0.29, 0.717) is 19.1 Å². The molecular weight excluding hydrogens is 312 g/mol. The Morgan fingerprint density at radius 2 is 1.72 bits per heavy atom. The van der Waals surface area contributed by atoms with Crippen LogP contribution in [-0.2, 0) is 0 Å². The van der Waals surface area contributed by atoms with Gasteiger partial charge in [0.1, 0.15) is 13.2 Å². The van der Waals surface area contributed by atoms with E-state index < -0.39 is 0 Å². The fourth-order valence-corrected chi connectivity index (χ4v) is 3.84. The third-order valence-electron chi connectivity index (χ3n) is 5.38. The Kier molecular flexibility index (Phi) is 4.30. The largest absolute Gasteiger partial charge is 0.486 e. The average Bonchev–Trinajstić information content (AvgIpc) is 2.63. The third-order valence-corrected chi connectivity index (χ3v) is 5.38. The summed E-state index contributed by atoms with van der Waals surface area (Å²) in [5.41, 5.74) is 11.6. The zero-order valence-corrected chi connectivity index (χ0v) is 15.0. The Balaban J connectivity index is 1.59. The predicted molar refractivity (Wildman–Crippen MR) is 101 cm³/mol. The van der Waals surface area contributed by atoms with Crippen LogP contribution in [0.2, 0.25) is 0 Å². The fourth-order valence-electron chi connectivity index (χ4n) is 3.84. The first-order valence-corrected chi connectivity index (χ1v) is 9.07. The summed E-state index contributed by atoms with van der Waals surface area (Å²) in [6.45, 7) is 7.43. The quantitative estimate of drug-likeness (QED) is 0.912. The third kappa shape index (κ3) is 3.31. The number of fused-ring (bicyclic) bond motifs is 1. The Hall–Kier alpha value is -2.20. The smallest absolute Gasteiger partial charge is 0.163 e. The van der Waals surface area contributed by atoms with E-state index in [1.54, 1.807) is 0 Å². The van der Waals surface area contributed by atoms with Crippen LogP contribution in [0.1, 0.15) is 29.0 Å². The Bertz CT molecular complexity index is 774. The monoisotopic (exact) mass is 338 g/mol. The zero-order chi connectivity index (χ0) is 17.4. The topological polar surface area (TPSA) is 47.7 Å². The van der Waals surface area contributed by atoms with Gasteiger partial charge in [-0.05, 0) is 49.1 Å². The summed E-state index contributed by atoms with van der Waals surface area (Å²) in [6, 6.07) is 13.2. The first-order valence-electron chi connectivity index (χ1n) is 9.07. The molecule has 2 aliphatic rings. The van der Waals surface area contributed by atoms with Crippen LogP contribution < -0.4 is 20.1 Å². The molecule has 1 fully saturated rings. The van der Waals surface area contributed by atoms with Crippen LogP contribution in [-0.4, -0.2) is 32.3 Å². The molecule has 0 saturated carbocycles. The van der Waals surface area contributed by atoms with E-state index in [1.165, 1.54) is 16.7 Å². The maximum atomic E-state index is 6.40. The average molecular weight is 338 g/mol. The standard InChI is InChI=1S/C21H26N2O2/c1-14-3-4-16(9-15(14)2)17-10-18(22)13-23(12-17)19-5-6-20-21(11-19)25-8-7-24-20/h3-6,9,11,17-18H,7-8,10,12-13,22H2,1-2H3. The van der Waals surface area contributed by atoms with E-state index in [0.717, 1.165) is 36.7 Å². The maximum absolute atomic E-state index is 6.40. The minimum absolute atomic E-state index is 0.175. The molecule has 0 radical (unpaired) electrons. The van der Waals surface area contributed by atoms with E-state index in [-0.39, 0.29) is 6.04 Å². The SMILES string of the molecule is Cc1ccc(C2CC(N)CN(c3ccc4c(c3)OCCO4)C2)cc1C. The molecule has 2 aromatic rings. The number of benzene rings is 2. The molecule has 4 rings (SSSR count). The van der Waals surface area contributed by atoms with Crippen molar-refractivity contribution in [1.29, 1.82) is 0 Å². The second kappa shape index (κ2) is 6.60. The van der Waals surface area contributed by atoms with Crippen molar-refractivity contribution in [3.63, 3.8) is 0 Å². The second-order valence-electron chi connectivity index (χ2n) is 7.27. The lowest BCUT2D eigenvalue weighted by molar-refractivity contribution is 0.171. The zero-order valence-electron chi connectivity index (χ0n) is 15.0. The van der Waals surface area contributed by atoms with Crippen LogP contribution in [0.4, 0.5) is 5.69 Å². The van der Waals surface area contributed by atoms with Gasteiger partial charge in [0.15, 0.2) is 11.5 Å². The Morgan fingerprint density at radius 1 is 0.920 bits per heavy atom. The number of nitrogens with zero attached hydrogens (tertiary/aromatic N) is 1. The summed E-state index contributed by atoms with van der Waals surface area (Å²) in [6.07, 6.45) is 1.03. The van der Waals surface area contributed by atoms with Gasteiger partial charge in [-0.1, -0.05) is 18.2 Å². The van der Waals surface area contributed by atoms with E-state index in [2.05, 4.69) is 49.1 Å². The van der Waals surface area contributed by atoms with Crippen LogP contribution in [0.25, 0.3) is 0 Å². The predicted octanol–water partition coefficient (Wildman–Crippen LogP) is 3.40. The molecule has 0 aromatic heterocycles. The first-order chi connectivity index (χ1) is 12.1. The molecule has 0 spiro atoms. The van der Waals surface area contributed by atoms with Gasteiger partial charge in [0.2, 0.25) is 0 Å². The second-order valence-corrected chi connectivity index (χ2v) is 7.27. The lowest BCUT2D eigenvalue weighted by Gasteiger charge is -2.38. The molecule has 4 nitrogen and oxygen atoms in total. The molecule has 0 amide bonds. The van der Waals surface area contributed by atoms with Crippen molar-refractivity contribution in [2.24, 2.45) is 5.73 Å². The lowest BCUT2D eigenvalue weighted by atomic mass is 9.87. The minimum Gasteiger partial charge on any atom is -0.486 e. The molecule has 0 aliphatic carbocycles. The highest BCUT2D eigenvalue weighted by Gasteiger charge is 2.27. The van der Waals surface area contributed by atoms with Crippen molar-refractivity contribution >= 4 is 5.69 Å². The summed E-state index contributed by atoms with van der Waals surface area (Å²) in [4.78, 5) is 2.38. The molecule has 0 bridgehead atoms. The number of ether oxygens (including phenoxy) is 2. The summed E-state index contributed by atoms with van der Waals surface area (Å²) in [5.74, 6) is 2.13. The number of hydrogen-bond donors (Lipinski definition) is 1. The van der Waals surface area contributed by atoms with Gasteiger partial charge in [-0.25, -0.2) is 0 Å². The van der Waals surface area contributed by atoms with Gasteiger partial charge in [-0.3, -0.25) is 0 Å². The van der Waals surface area contributed by atoms with E-state index in [1.807, 2.05) is 6.07 Å². The van der Waals surface area contributed by atoms with E-state index >= 15 is 0 Å². The van der Waals surface area contributed by atoms with Crippen LogP contribution in [0.5, 0.6) is 11.5 Å². The number of anilines is 1. The van der Waals surface area contributed by atoms with Crippen LogP contribution in [0, 0.1) is 13.8 Å². The van der Waals surface area contributed by atoms with Crippen molar-refractivity contribution in [3.8, 4) is 11.5 Å². The van der Waals surface area contributed by atoms with Gasteiger partial charge in [0.05, 0.1) is 0 Å². The van der Waals surface area contributed by atoms with Crippen LogP contribution in [0.3, 0.4) is 0 Å². The van der Waals surface area contributed by atoms with E-state index in [9.17, 15) is 0 Å². The molecule has 2 unspecified atom stereocenters. The molecular formula is C21H26N2O2. The maximum Gasteiger partial charge on any atom is 0.163 e. The van der Waals surface area contributed by atoms with Gasteiger partial charge >= 0.3 is 0 Å². The number of hydrogen-bond acceptors (Lipinski definition) is 4. The Labute approximate surface area is 149 Å². The van der Waals surface area contributed by atoms with E-state index in [4.69, 9.17) is 15.2 Å². The minimum atomic E-state index is 0.175. The Morgan fingerprint density at radius 3 is 2.52 bits per heavy atom. The fraction of sp³-hybridized carbons (Fsp3) is 0.429. The molecule has 1 saturated heterocycles. The van der Waals surface area contributed by atoms with Crippen molar-refractivity contribution in [2.45, 2.75) is 32.2 Å². The summed E-state index contributed by atoms with van der Waals surface area (Å²) in [5, 5.41) is 0. The molecule has 2 atom stereocenters. The number of nitrogens with two attached hydrogens (primary N) is 1. The highest BCUT2D eigenvalue weighted by Crippen LogP contribution is 2.36. The summed E-state index contributed by atoms with van der Waals surface area (Å²) < 4.78 is 11.4. The highest BCUT2D eigenvalue weighted by molar-refractivity contribution is 5.57. The van der Waals surface area contributed by atoms with Gasteiger partial charge in [-0.15, -0.1) is 0 Å². The van der Waals surface area contributed by atoms with Gasteiger partial charge in [0.25, 0.3) is 0 Å². The van der Waals surface area contributed by atoms with Crippen LogP contribution in [0.15, 0.2) is 36.4 Å². The molecule has 2 heterocycles. The van der Waals surface area contributed by atoms with Crippen molar-refractivity contribution in [2.75, 3.05) is 31.2 Å². The van der Waals surface area contributed by atoms with Gasteiger partial charge < -0.3 is 20.1 Å². The molecule has 2 N–H and O–H groups in total. The molecule has 25 heavy (non-hydrogen) atoms. The summed E-state index contributed by atoms with van der Waals surface area (Å²) >= 11 is 0. The van der Waals surface area contributed by atoms with Crippen molar-refractivity contribution in [3.05, 3.63) is 53.1 Å². The number of aryl methyl sites for hydroxylation is 2. The van der Waals surface area contributed by atoms with Gasteiger partial charge in [0, 0.05) is 36.8 Å². The molecule has 132 valence electrons. The summed E-state index contributed by atoms with van der Waals surface area (Å²) in [7, 11) is 0. The molecule has 4 heteroatoms. The normalized spacial score (nSPS) is 22.8. The number of rotatable bonds is 2. The van der Waals surface area contributed by atoms with Gasteiger partial charge in [-0.2, -0.15) is 0 Å². The first kappa shape index (κ1) is 16.3. The van der Waals surface area contributed by atoms with Crippen molar-refractivity contribution < 1.29 is 9.47 Å². The highest BCUT2D eigenvalue weighted by atomic mass is 16.6.